The summed E-state index contributed by atoms with van der Waals surface area (Å²) in [6.45, 7) is 0. The van der Waals surface area contributed by atoms with E-state index in [9.17, 15) is 0 Å². The summed E-state index contributed by atoms with van der Waals surface area (Å²) in [6.07, 6.45) is 1.71. The predicted molar refractivity (Wildman–Crippen MR) is 91.8 cm³/mol. The maximum atomic E-state index is 6.24. The van der Waals surface area contributed by atoms with Gasteiger partial charge in [0.1, 0.15) is 0 Å². The zero-order valence-corrected chi connectivity index (χ0v) is 13.1. The van der Waals surface area contributed by atoms with Crippen LogP contribution in [0.3, 0.4) is 0 Å². The van der Waals surface area contributed by atoms with Gasteiger partial charge in [0, 0.05) is 15.8 Å². The van der Waals surface area contributed by atoms with E-state index in [1.807, 2.05) is 18.2 Å². The van der Waals surface area contributed by atoms with Gasteiger partial charge in [-0.1, -0.05) is 48.0 Å². The molecule has 108 valence electrons. The summed E-state index contributed by atoms with van der Waals surface area (Å²) in [5.41, 5.74) is 5.39. The van der Waals surface area contributed by atoms with Crippen LogP contribution in [0.4, 0.5) is 0 Å². The van der Waals surface area contributed by atoms with Crippen molar-refractivity contribution in [2.24, 2.45) is 5.84 Å². The Morgan fingerprint density at radius 2 is 1.71 bits per heavy atom. The molecule has 1 unspecified atom stereocenters. The first-order chi connectivity index (χ1) is 10.3. The van der Waals surface area contributed by atoms with E-state index in [1.165, 1.54) is 15.6 Å². The average molecular weight is 317 g/mol. The summed E-state index contributed by atoms with van der Waals surface area (Å²) >= 11 is 8.02. The van der Waals surface area contributed by atoms with Crippen LogP contribution < -0.4 is 11.3 Å². The lowest BCUT2D eigenvalue weighted by atomic mass is 9.99. The lowest BCUT2D eigenvalue weighted by Gasteiger charge is -2.16. The third-order valence-corrected chi connectivity index (χ3v) is 5.07. The van der Waals surface area contributed by atoms with Crippen molar-refractivity contribution in [1.82, 2.24) is 5.43 Å². The third kappa shape index (κ3) is 3.27. The Bertz CT molecular complexity index is 738. The minimum Gasteiger partial charge on any atom is -0.271 e. The molecule has 3 rings (SSSR count). The van der Waals surface area contributed by atoms with Crippen LogP contribution in [0.5, 0.6) is 0 Å². The number of hydrogen-bond acceptors (Lipinski definition) is 3. The molecular weight excluding hydrogens is 300 g/mol. The Hall–Kier alpha value is -1.39. The van der Waals surface area contributed by atoms with Gasteiger partial charge < -0.3 is 0 Å². The number of nitrogens with one attached hydrogen (secondary N) is 1. The molecule has 0 aliphatic heterocycles. The molecular formula is C17H17ClN2S. The second-order valence-corrected chi connectivity index (χ2v) is 6.44. The van der Waals surface area contributed by atoms with E-state index < -0.39 is 0 Å². The van der Waals surface area contributed by atoms with Crippen molar-refractivity contribution < 1.29 is 0 Å². The van der Waals surface area contributed by atoms with Gasteiger partial charge in [-0.25, -0.2) is 0 Å². The highest BCUT2D eigenvalue weighted by Gasteiger charge is 2.13. The lowest BCUT2D eigenvalue weighted by Crippen LogP contribution is -2.38. The molecule has 1 heterocycles. The fourth-order valence-corrected chi connectivity index (χ4v) is 3.76. The number of hydrogen-bond donors (Lipinski definition) is 2. The third-order valence-electron chi connectivity index (χ3n) is 3.69. The molecule has 4 heteroatoms. The number of hydrazine groups is 1. The van der Waals surface area contributed by atoms with E-state index in [-0.39, 0.29) is 6.04 Å². The predicted octanol–water partition coefficient (Wildman–Crippen LogP) is 4.17. The first-order valence-electron chi connectivity index (χ1n) is 6.92. The molecule has 0 aliphatic rings. The van der Waals surface area contributed by atoms with Crippen molar-refractivity contribution in [3.8, 4) is 0 Å². The molecule has 0 amide bonds. The van der Waals surface area contributed by atoms with E-state index >= 15 is 0 Å². The molecule has 0 fully saturated rings. The largest absolute Gasteiger partial charge is 0.271 e. The molecule has 2 aromatic carbocycles. The van der Waals surface area contributed by atoms with Crippen LogP contribution in [0.2, 0.25) is 5.02 Å². The first kappa shape index (κ1) is 14.5. The second kappa shape index (κ2) is 6.58. The number of halogens is 1. The Labute approximate surface area is 133 Å². The molecule has 0 spiro atoms. The smallest absolute Gasteiger partial charge is 0.0438 e. The van der Waals surface area contributed by atoms with Crippen molar-refractivity contribution in [2.75, 3.05) is 0 Å². The summed E-state index contributed by atoms with van der Waals surface area (Å²) in [6, 6.07) is 16.6. The van der Waals surface area contributed by atoms with Gasteiger partial charge in [-0.3, -0.25) is 11.3 Å². The fourth-order valence-electron chi connectivity index (χ4n) is 2.58. The summed E-state index contributed by atoms with van der Waals surface area (Å²) in [5, 5.41) is 4.34. The van der Waals surface area contributed by atoms with Gasteiger partial charge in [0.15, 0.2) is 0 Å². The van der Waals surface area contributed by atoms with Gasteiger partial charge in [0.2, 0.25) is 0 Å². The SMILES string of the molecule is NNC(Cc1ccccc1Cl)Cc1csc2ccccc12. The number of thiophene rings is 1. The molecule has 0 bridgehead atoms. The second-order valence-electron chi connectivity index (χ2n) is 5.12. The summed E-state index contributed by atoms with van der Waals surface area (Å²) in [7, 11) is 0. The summed E-state index contributed by atoms with van der Waals surface area (Å²) in [4.78, 5) is 0. The van der Waals surface area contributed by atoms with Crippen molar-refractivity contribution in [3.05, 3.63) is 70.1 Å². The van der Waals surface area contributed by atoms with Gasteiger partial charge in [0.25, 0.3) is 0 Å². The van der Waals surface area contributed by atoms with Crippen LogP contribution in [0.25, 0.3) is 10.1 Å². The molecule has 1 atom stereocenters. The molecule has 21 heavy (non-hydrogen) atoms. The van der Waals surface area contributed by atoms with E-state index in [0.717, 1.165) is 23.4 Å². The standard InChI is InChI=1S/C17H17ClN2S/c18-16-7-3-1-5-12(16)9-14(20-19)10-13-11-21-17-8-4-2-6-15(13)17/h1-8,11,14,20H,9-10,19H2. The quantitative estimate of drug-likeness (QED) is 0.547. The Kier molecular flexibility index (Phi) is 4.56. The van der Waals surface area contributed by atoms with E-state index in [2.05, 4.69) is 41.1 Å². The van der Waals surface area contributed by atoms with Crippen LogP contribution in [-0.4, -0.2) is 6.04 Å². The van der Waals surface area contributed by atoms with E-state index in [1.54, 1.807) is 11.3 Å². The number of benzene rings is 2. The summed E-state index contributed by atoms with van der Waals surface area (Å²) in [5.74, 6) is 5.74. The average Bonchev–Trinajstić information content (AvgIpc) is 2.92. The van der Waals surface area contributed by atoms with Crippen molar-refractivity contribution in [2.45, 2.75) is 18.9 Å². The van der Waals surface area contributed by atoms with Crippen LogP contribution in [0.1, 0.15) is 11.1 Å². The zero-order valence-electron chi connectivity index (χ0n) is 11.6. The molecule has 3 N–H and O–H groups in total. The molecule has 0 saturated heterocycles. The maximum Gasteiger partial charge on any atom is 0.0438 e. The molecule has 2 nitrogen and oxygen atoms in total. The molecule has 1 aromatic heterocycles. The van der Waals surface area contributed by atoms with Crippen molar-refractivity contribution in [3.63, 3.8) is 0 Å². The Morgan fingerprint density at radius 1 is 1.00 bits per heavy atom. The topological polar surface area (TPSA) is 38.0 Å². The minimum absolute atomic E-state index is 0.169. The highest BCUT2D eigenvalue weighted by molar-refractivity contribution is 7.17. The summed E-state index contributed by atoms with van der Waals surface area (Å²) < 4.78 is 1.32. The molecule has 0 radical (unpaired) electrons. The van der Waals surface area contributed by atoms with Gasteiger partial charge in [-0.15, -0.1) is 11.3 Å². The van der Waals surface area contributed by atoms with E-state index in [0.29, 0.717) is 0 Å². The van der Waals surface area contributed by atoms with Gasteiger partial charge >= 0.3 is 0 Å². The highest BCUT2D eigenvalue weighted by Crippen LogP contribution is 2.27. The highest BCUT2D eigenvalue weighted by atomic mass is 35.5. The van der Waals surface area contributed by atoms with Crippen LogP contribution >= 0.6 is 22.9 Å². The van der Waals surface area contributed by atoms with Crippen LogP contribution in [0.15, 0.2) is 53.9 Å². The molecule has 0 saturated carbocycles. The molecule has 3 aromatic rings. The lowest BCUT2D eigenvalue weighted by molar-refractivity contribution is 0.524. The Morgan fingerprint density at radius 3 is 2.52 bits per heavy atom. The number of nitrogens with two attached hydrogens (primary N) is 1. The van der Waals surface area contributed by atoms with E-state index in [4.69, 9.17) is 17.4 Å². The van der Waals surface area contributed by atoms with Gasteiger partial charge in [0.05, 0.1) is 0 Å². The monoisotopic (exact) mass is 316 g/mol. The van der Waals surface area contributed by atoms with Gasteiger partial charge in [-0.05, 0) is 46.9 Å². The van der Waals surface area contributed by atoms with Crippen LogP contribution in [0, 0.1) is 0 Å². The molecule has 0 aliphatic carbocycles. The first-order valence-corrected chi connectivity index (χ1v) is 8.18. The van der Waals surface area contributed by atoms with Crippen molar-refractivity contribution >= 4 is 33.0 Å². The number of fused-ring (bicyclic) bond motifs is 1. The van der Waals surface area contributed by atoms with Crippen LogP contribution in [-0.2, 0) is 12.8 Å². The number of rotatable bonds is 5. The van der Waals surface area contributed by atoms with Gasteiger partial charge in [-0.2, -0.15) is 0 Å². The van der Waals surface area contributed by atoms with Crippen molar-refractivity contribution in [1.29, 1.82) is 0 Å². The Balaban J connectivity index is 1.80. The fraction of sp³-hybridized carbons (Fsp3) is 0.176. The maximum absolute atomic E-state index is 6.24. The minimum atomic E-state index is 0.169. The normalized spacial score (nSPS) is 12.7. The zero-order chi connectivity index (χ0) is 14.7.